The second-order valence-corrected chi connectivity index (χ2v) is 6.24. The van der Waals surface area contributed by atoms with E-state index in [2.05, 4.69) is 5.73 Å². The van der Waals surface area contributed by atoms with Gasteiger partial charge < -0.3 is 5.73 Å². The molecular formula is C11H9ClF17N. The average molecular weight is 514 g/mol. The molecule has 0 saturated heterocycles. The van der Waals surface area contributed by atoms with Crippen molar-refractivity contribution in [2.45, 2.75) is 67.0 Å². The van der Waals surface area contributed by atoms with Crippen molar-refractivity contribution in [3.63, 3.8) is 0 Å². The van der Waals surface area contributed by atoms with Crippen LogP contribution in [0.1, 0.15) is 13.8 Å². The van der Waals surface area contributed by atoms with Crippen LogP contribution < -0.4 is 5.73 Å². The lowest BCUT2D eigenvalue weighted by Crippen LogP contribution is -2.76. The minimum absolute atomic E-state index is 0. The molecule has 0 aliphatic rings. The average Bonchev–Trinajstić information content (AvgIpc) is 2.43. The summed E-state index contributed by atoms with van der Waals surface area (Å²) in [6, 6.07) is 0. The van der Waals surface area contributed by atoms with Crippen LogP contribution in [0.25, 0.3) is 0 Å². The smallest absolute Gasteiger partial charge is 0.320 e. The molecule has 0 aliphatic carbocycles. The van der Waals surface area contributed by atoms with Crippen molar-refractivity contribution in [3.05, 3.63) is 0 Å². The summed E-state index contributed by atoms with van der Waals surface area (Å²) in [7, 11) is 0. The van der Waals surface area contributed by atoms with Crippen LogP contribution in [0.15, 0.2) is 0 Å². The largest absolute Gasteiger partial charge is 0.460 e. The van der Waals surface area contributed by atoms with E-state index < -0.39 is 53.2 Å². The van der Waals surface area contributed by atoms with Gasteiger partial charge in [-0.1, -0.05) is 0 Å². The van der Waals surface area contributed by atoms with Gasteiger partial charge in [-0.2, -0.15) is 74.6 Å². The van der Waals surface area contributed by atoms with Gasteiger partial charge in [0, 0.05) is 0 Å². The fourth-order valence-corrected chi connectivity index (χ4v) is 1.57. The van der Waals surface area contributed by atoms with Crippen molar-refractivity contribution in [1.29, 1.82) is 0 Å². The summed E-state index contributed by atoms with van der Waals surface area (Å²) >= 11 is 0. The lowest BCUT2D eigenvalue weighted by atomic mass is 9.83. The van der Waals surface area contributed by atoms with Crippen molar-refractivity contribution < 1.29 is 74.6 Å². The van der Waals surface area contributed by atoms with Crippen LogP contribution in [0.4, 0.5) is 74.6 Å². The summed E-state index contributed by atoms with van der Waals surface area (Å²) < 4.78 is 220. The zero-order valence-corrected chi connectivity index (χ0v) is 14.7. The lowest BCUT2D eigenvalue weighted by Gasteiger charge is -2.45. The second-order valence-electron chi connectivity index (χ2n) is 6.24. The summed E-state index contributed by atoms with van der Waals surface area (Å²) in [5.74, 6) is -56.5. The number of alkyl halides is 17. The molecule has 0 bridgehead atoms. The summed E-state index contributed by atoms with van der Waals surface area (Å²) in [6.45, 7) is -0.445. The van der Waals surface area contributed by atoms with Gasteiger partial charge in [-0.3, -0.25) is 0 Å². The molecule has 0 amide bonds. The van der Waals surface area contributed by atoms with Gasteiger partial charge in [0.25, 0.3) is 0 Å². The molecule has 0 spiro atoms. The van der Waals surface area contributed by atoms with Gasteiger partial charge >= 0.3 is 47.6 Å². The highest BCUT2D eigenvalue weighted by Gasteiger charge is 2.95. The Kier molecular flexibility index (Phi) is 7.60. The number of hydrogen-bond donors (Lipinski definition) is 1. The quantitative estimate of drug-likeness (QED) is 0.406. The Morgan fingerprint density at radius 2 is 0.533 bits per heavy atom. The molecule has 1 nitrogen and oxygen atoms in total. The number of rotatable bonds is 7. The third-order valence-corrected chi connectivity index (χ3v) is 3.53. The number of hydrogen-bond acceptors (Lipinski definition) is 1. The topological polar surface area (TPSA) is 26.0 Å². The van der Waals surface area contributed by atoms with E-state index in [4.69, 9.17) is 0 Å². The molecule has 0 fully saturated rings. The zero-order valence-electron chi connectivity index (χ0n) is 13.9. The fraction of sp³-hybridized carbons (Fsp3) is 1.00. The molecular weight excluding hydrogens is 505 g/mol. The maximum atomic E-state index is 13.4. The summed E-state index contributed by atoms with van der Waals surface area (Å²) in [6.07, 6.45) is -7.77. The van der Waals surface area contributed by atoms with Crippen LogP contribution >= 0.6 is 12.4 Å². The highest BCUT2D eigenvalue weighted by molar-refractivity contribution is 5.85. The number of halogens is 18. The summed E-state index contributed by atoms with van der Waals surface area (Å²) in [4.78, 5) is 0. The fourth-order valence-electron chi connectivity index (χ4n) is 1.57. The molecule has 0 aliphatic heterocycles. The molecule has 0 radical (unpaired) electrons. The first-order chi connectivity index (χ1) is 12.0. The van der Waals surface area contributed by atoms with Gasteiger partial charge in [0.1, 0.15) is 0 Å². The van der Waals surface area contributed by atoms with Gasteiger partial charge in [-0.25, -0.2) is 0 Å². The minimum atomic E-state index is -8.62. The van der Waals surface area contributed by atoms with Crippen molar-refractivity contribution in [3.8, 4) is 0 Å². The summed E-state index contributed by atoms with van der Waals surface area (Å²) in [5.41, 5.74) is 0.421. The van der Waals surface area contributed by atoms with E-state index in [1.165, 1.54) is 0 Å². The van der Waals surface area contributed by atoms with Crippen molar-refractivity contribution in [2.24, 2.45) is 5.73 Å². The van der Waals surface area contributed by atoms with E-state index in [0.717, 1.165) is 0 Å². The van der Waals surface area contributed by atoms with Crippen LogP contribution in [-0.2, 0) is 0 Å². The van der Waals surface area contributed by atoms with Crippen molar-refractivity contribution in [1.82, 2.24) is 0 Å². The minimum Gasteiger partial charge on any atom is -0.320 e. The second kappa shape index (κ2) is 7.30. The Morgan fingerprint density at radius 1 is 0.367 bits per heavy atom. The highest BCUT2D eigenvalue weighted by Crippen LogP contribution is 2.64. The third kappa shape index (κ3) is 3.64. The highest BCUT2D eigenvalue weighted by atomic mass is 35.5. The van der Waals surface area contributed by atoms with Gasteiger partial charge in [0.2, 0.25) is 0 Å². The molecule has 0 aromatic carbocycles. The SMILES string of the molecule is CC(C)(N)C(F)(F)C(F)(F)C(F)(F)C(F)(F)C(F)(F)C(F)(F)C(F)(F)C(F)(F)F.Cl. The molecule has 0 aromatic rings. The lowest BCUT2D eigenvalue weighted by molar-refractivity contribution is -0.463. The van der Waals surface area contributed by atoms with Gasteiger partial charge in [0.05, 0.1) is 5.54 Å². The Labute approximate surface area is 161 Å². The molecule has 19 heteroatoms. The monoisotopic (exact) mass is 513 g/mol. The molecule has 0 rings (SSSR count). The molecule has 0 aromatic heterocycles. The van der Waals surface area contributed by atoms with Crippen LogP contribution in [0.5, 0.6) is 0 Å². The molecule has 30 heavy (non-hydrogen) atoms. The van der Waals surface area contributed by atoms with E-state index in [-0.39, 0.29) is 26.3 Å². The molecule has 184 valence electrons. The van der Waals surface area contributed by atoms with E-state index in [1.807, 2.05) is 0 Å². The molecule has 2 N–H and O–H groups in total. The first kappa shape index (κ1) is 31.2. The third-order valence-electron chi connectivity index (χ3n) is 3.53. The van der Waals surface area contributed by atoms with E-state index in [1.54, 1.807) is 0 Å². The molecule has 0 unspecified atom stereocenters. The first-order valence-electron chi connectivity index (χ1n) is 6.50. The Balaban J connectivity index is 0. The van der Waals surface area contributed by atoms with Crippen LogP contribution in [-0.4, -0.2) is 53.2 Å². The van der Waals surface area contributed by atoms with Crippen molar-refractivity contribution >= 4 is 12.4 Å². The predicted octanol–water partition coefficient (Wildman–Crippen LogP) is 6.15. The van der Waals surface area contributed by atoms with Crippen LogP contribution in [0.3, 0.4) is 0 Å². The van der Waals surface area contributed by atoms with Gasteiger partial charge in [-0.05, 0) is 13.8 Å². The zero-order chi connectivity index (χ0) is 24.5. The Hall–Kier alpha value is -0.940. The Bertz CT molecular complexity index is 562. The van der Waals surface area contributed by atoms with E-state index >= 15 is 0 Å². The molecule has 0 saturated carbocycles. The normalized spacial score (nSPS) is 16.4. The maximum absolute atomic E-state index is 13.4. The number of nitrogens with two attached hydrogens (primary N) is 1. The van der Waals surface area contributed by atoms with E-state index in [9.17, 15) is 74.6 Å². The molecule has 0 heterocycles. The standard InChI is InChI=1S/C11H8F17N.ClH/c1-3(2,29)4(12,13)5(14,15)6(16,17)7(18,19)8(20,21)9(22,23)10(24,25)11(26,27)28;/h29H2,1-2H3;1H. The Morgan fingerprint density at radius 3 is 0.700 bits per heavy atom. The van der Waals surface area contributed by atoms with Gasteiger partial charge in [0.15, 0.2) is 0 Å². The van der Waals surface area contributed by atoms with E-state index in [0.29, 0.717) is 0 Å². The van der Waals surface area contributed by atoms with Gasteiger partial charge in [-0.15, -0.1) is 12.4 Å². The van der Waals surface area contributed by atoms with Crippen molar-refractivity contribution in [2.75, 3.05) is 0 Å². The van der Waals surface area contributed by atoms with Crippen LogP contribution in [0.2, 0.25) is 0 Å². The predicted molar refractivity (Wildman–Crippen MR) is 66.2 cm³/mol. The summed E-state index contributed by atoms with van der Waals surface area (Å²) in [5, 5.41) is 0. The molecule has 0 atom stereocenters. The first-order valence-corrected chi connectivity index (χ1v) is 6.50. The van der Waals surface area contributed by atoms with Crippen LogP contribution in [0, 0.1) is 0 Å². The maximum Gasteiger partial charge on any atom is 0.460 e.